The van der Waals surface area contributed by atoms with Gasteiger partial charge in [-0.05, 0) is 31.6 Å². The molecular weight excluding hydrogens is 258 g/mol. The number of likely N-dealkylation sites (tertiary alicyclic amines) is 1. The highest BCUT2D eigenvalue weighted by molar-refractivity contribution is 5.80. The predicted octanol–water partition coefficient (Wildman–Crippen LogP) is 0.707. The van der Waals surface area contributed by atoms with Crippen LogP contribution in [0, 0.1) is 11.8 Å². The minimum atomic E-state index is -0.438. The van der Waals surface area contributed by atoms with Gasteiger partial charge in [0, 0.05) is 19.1 Å². The zero-order valence-electron chi connectivity index (χ0n) is 12.3. The Morgan fingerprint density at radius 1 is 1.30 bits per heavy atom. The Morgan fingerprint density at radius 3 is 2.75 bits per heavy atom. The first-order valence-corrected chi connectivity index (χ1v) is 7.40. The van der Waals surface area contributed by atoms with E-state index in [9.17, 15) is 9.59 Å². The lowest BCUT2D eigenvalue weighted by Crippen LogP contribution is -2.47. The zero-order chi connectivity index (χ0) is 14.7. The van der Waals surface area contributed by atoms with Gasteiger partial charge in [0.15, 0.2) is 0 Å². The van der Waals surface area contributed by atoms with Crippen molar-refractivity contribution in [3.8, 4) is 0 Å². The standard InChI is InChI=1S/C14H25N3O3/c1-9-3-4-12(15)11(7-9)13(18)17-6-5-10(8-17)16-14(19)20-2/h9-12H,3-8,15H2,1-2H3,(H,16,19). The van der Waals surface area contributed by atoms with Crippen molar-refractivity contribution in [1.82, 2.24) is 10.2 Å². The quantitative estimate of drug-likeness (QED) is 0.781. The van der Waals surface area contributed by atoms with Crippen molar-refractivity contribution in [1.29, 1.82) is 0 Å². The molecule has 1 saturated carbocycles. The van der Waals surface area contributed by atoms with Crippen LogP contribution in [0.1, 0.15) is 32.6 Å². The molecule has 0 aromatic rings. The smallest absolute Gasteiger partial charge is 0.407 e. The normalized spacial score (nSPS) is 33.9. The number of nitrogens with zero attached hydrogens (tertiary/aromatic N) is 1. The second kappa shape index (κ2) is 6.43. The Balaban J connectivity index is 1.88. The average Bonchev–Trinajstić information content (AvgIpc) is 2.89. The highest BCUT2D eigenvalue weighted by Crippen LogP contribution is 2.30. The Bertz CT molecular complexity index is 375. The first-order valence-electron chi connectivity index (χ1n) is 7.40. The average molecular weight is 283 g/mol. The second-order valence-electron chi connectivity index (χ2n) is 6.09. The number of rotatable bonds is 2. The summed E-state index contributed by atoms with van der Waals surface area (Å²) in [5.41, 5.74) is 6.11. The number of alkyl carbamates (subject to hydrolysis) is 1. The van der Waals surface area contributed by atoms with Gasteiger partial charge < -0.3 is 20.7 Å². The molecular formula is C14H25N3O3. The number of methoxy groups -OCH3 is 1. The van der Waals surface area contributed by atoms with Crippen LogP contribution in [0.4, 0.5) is 4.79 Å². The van der Waals surface area contributed by atoms with Crippen molar-refractivity contribution in [2.75, 3.05) is 20.2 Å². The number of carbonyl (C=O) groups excluding carboxylic acids is 2. The molecule has 0 radical (unpaired) electrons. The number of ether oxygens (including phenoxy) is 1. The maximum absolute atomic E-state index is 12.6. The summed E-state index contributed by atoms with van der Waals surface area (Å²) >= 11 is 0. The Labute approximate surface area is 120 Å². The van der Waals surface area contributed by atoms with Crippen LogP contribution in [0.15, 0.2) is 0 Å². The van der Waals surface area contributed by atoms with Crippen molar-refractivity contribution < 1.29 is 14.3 Å². The van der Waals surface area contributed by atoms with Gasteiger partial charge in [-0.25, -0.2) is 4.79 Å². The van der Waals surface area contributed by atoms with Gasteiger partial charge in [0.2, 0.25) is 5.91 Å². The van der Waals surface area contributed by atoms with Gasteiger partial charge in [-0.1, -0.05) is 6.92 Å². The van der Waals surface area contributed by atoms with E-state index in [2.05, 4.69) is 17.0 Å². The third-order valence-corrected chi connectivity index (χ3v) is 4.49. The van der Waals surface area contributed by atoms with Gasteiger partial charge in [0.25, 0.3) is 0 Å². The molecule has 1 heterocycles. The molecule has 0 bridgehead atoms. The summed E-state index contributed by atoms with van der Waals surface area (Å²) in [5, 5.41) is 2.75. The summed E-state index contributed by atoms with van der Waals surface area (Å²) in [6.07, 6.45) is 3.25. The fourth-order valence-electron chi connectivity index (χ4n) is 3.23. The van der Waals surface area contributed by atoms with E-state index in [0.717, 1.165) is 25.7 Å². The monoisotopic (exact) mass is 283 g/mol. The van der Waals surface area contributed by atoms with Gasteiger partial charge in [0.1, 0.15) is 0 Å². The first-order chi connectivity index (χ1) is 9.51. The van der Waals surface area contributed by atoms with Crippen LogP contribution in [0.5, 0.6) is 0 Å². The molecule has 0 aromatic carbocycles. The maximum Gasteiger partial charge on any atom is 0.407 e. The van der Waals surface area contributed by atoms with Crippen LogP contribution in [-0.2, 0) is 9.53 Å². The van der Waals surface area contributed by atoms with Crippen molar-refractivity contribution in [2.45, 2.75) is 44.7 Å². The molecule has 4 atom stereocenters. The number of amides is 2. The predicted molar refractivity (Wildman–Crippen MR) is 75.0 cm³/mol. The van der Waals surface area contributed by atoms with E-state index in [1.807, 2.05) is 4.90 Å². The maximum atomic E-state index is 12.6. The molecule has 6 heteroatoms. The van der Waals surface area contributed by atoms with Crippen LogP contribution in [0.25, 0.3) is 0 Å². The van der Waals surface area contributed by atoms with Gasteiger partial charge in [-0.2, -0.15) is 0 Å². The molecule has 114 valence electrons. The van der Waals surface area contributed by atoms with E-state index in [-0.39, 0.29) is 23.9 Å². The summed E-state index contributed by atoms with van der Waals surface area (Å²) in [4.78, 5) is 25.6. The molecule has 3 N–H and O–H groups in total. The Morgan fingerprint density at radius 2 is 2.05 bits per heavy atom. The number of nitrogens with one attached hydrogen (secondary N) is 1. The third-order valence-electron chi connectivity index (χ3n) is 4.49. The van der Waals surface area contributed by atoms with E-state index in [1.165, 1.54) is 7.11 Å². The van der Waals surface area contributed by atoms with Crippen LogP contribution >= 0.6 is 0 Å². The lowest BCUT2D eigenvalue weighted by Gasteiger charge is -2.34. The number of carbonyl (C=O) groups is 2. The SMILES string of the molecule is COC(=O)NC1CCN(C(=O)C2CC(C)CCC2N)C1. The Hall–Kier alpha value is -1.30. The summed E-state index contributed by atoms with van der Waals surface area (Å²) < 4.78 is 4.58. The molecule has 2 rings (SSSR count). The summed E-state index contributed by atoms with van der Waals surface area (Å²) in [5.74, 6) is 0.657. The molecule has 1 saturated heterocycles. The largest absolute Gasteiger partial charge is 0.453 e. The third kappa shape index (κ3) is 3.42. The fraction of sp³-hybridized carbons (Fsp3) is 0.857. The molecule has 0 spiro atoms. The number of hydrogen-bond donors (Lipinski definition) is 2. The molecule has 0 aromatic heterocycles. The molecule has 2 amide bonds. The minimum absolute atomic E-state index is 0.0105. The summed E-state index contributed by atoms with van der Waals surface area (Å²) in [7, 11) is 1.34. The zero-order valence-corrected chi connectivity index (χ0v) is 12.3. The summed E-state index contributed by atoms with van der Waals surface area (Å²) in [6.45, 7) is 3.42. The molecule has 2 aliphatic rings. The van der Waals surface area contributed by atoms with Crippen molar-refractivity contribution in [3.05, 3.63) is 0 Å². The highest BCUT2D eigenvalue weighted by Gasteiger charge is 2.37. The van der Waals surface area contributed by atoms with E-state index >= 15 is 0 Å². The van der Waals surface area contributed by atoms with E-state index < -0.39 is 6.09 Å². The summed E-state index contributed by atoms with van der Waals surface area (Å²) in [6, 6.07) is -0.0324. The topological polar surface area (TPSA) is 84.7 Å². The molecule has 2 fully saturated rings. The number of hydrogen-bond acceptors (Lipinski definition) is 4. The Kier molecular flexibility index (Phi) is 4.86. The first kappa shape index (κ1) is 15.1. The molecule has 20 heavy (non-hydrogen) atoms. The molecule has 6 nitrogen and oxygen atoms in total. The van der Waals surface area contributed by atoms with E-state index in [0.29, 0.717) is 19.0 Å². The van der Waals surface area contributed by atoms with Crippen LogP contribution in [0.2, 0.25) is 0 Å². The van der Waals surface area contributed by atoms with Crippen LogP contribution in [0.3, 0.4) is 0 Å². The molecule has 1 aliphatic heterocycles. The van der Waals surface area contributed by atoms with Crippen molar-refractivity contribution in [3.63, 3.8) is 0 Å². The van der Waals surface area contributed by atoms with Crippen LogP contribution in [-0.4, -0.2) is 49.2 Å². The highest BCUT2D eigenvalue weighted by atomic mass is 16.5. The minimum Gasteiger partial charge on any atom is -0.453 e. The lowest BCUT2D eigenvalue weighted by molar-refractivity contribution is -0.136. The molecule has 4 unspecified atom stereocenters. The van der Waals surface area contributed by atoms with Gasteiger partial charge in [-0.3, -0.25) is 4.79 Å². The lowest BCUT2D eigenvalue weighted by atomic mass is 9.78. The second-order valence-corrected chi connectivity index (χ2v) is 6.09. The molecule has 1 aliphatic carbocycles. The van der Waals surface area contributed by atoms with Gasteiger partial charge in [-0.15, -0.1) is 0 Å². The fourth-order valence-corrected chi connectivity index (χ4v) is 3.23. The van der Waals surface area contributed by atoms with Crippen molar-refractivity contribution in [2.24, 2.45) is 17.6 Å². The van der Waals surface area contributed by atoms with Crippen molar-refractivity contribution >= 4 is 12.0 Å². The van der Waals surface area contributed by atoms with E-state index in [4.69, 9.17) is 5.73 Å². The number of nitrogens with two attached hydrogens (primary N) is 1. The van der Waals surface area contributed by atoms with Gasteiger partial charge in [0.05, 0.1) is 19.1 Å². The van der Waals surface area contributed by atoms with Gasteiger partial charge >= 0.3 is 6.09 Å². The van der Waals surface area contributed by atoms with E-state index in [1.54, 1.807) is 0 Å². The van der Waals surface area contributed by atoms with Crippen LogP contribution < -0.4 is 11.1 Å².